The largest absolute Gasteiger partial charge is 0.282 e. The molecule has 1 atom stereocenters. The zero-order valence-corrected chi connectivity index (χ0v) is 16.3. The van der Waals surface area contributed by atoms with Gasteiger partial charge in [-0.15, -0.1) is 11.3 Å². The van der Waals surface area contributed by atoms with E-state index in [0.29, 0.717) is 21.1 Å². The fraction of sp³-hybridized carbons (Fsp3) is 0.235. The molecule has 124 valence electrons. The lowest BCUT2D eigenvalue weighted by molar-refractivity contribution is 0.613. The zero-order valence-electron chi connectivity index (χ0n) is 13.2. The number of halogens is 2. The van der Waals surface area contributed by atoms with Crippen LogP contribution in [0.1, 0.15) is 36.9 Å². The number of aromatic nitrogens is 2. The third-order valence-corrected chi connectivity index (χ3v) is 5.44. The van der Waals surface area contributed by atoms with Crippen LogP contribution in [0, 0.1) is 0 Å². The Hall–Kier alpha value is -1.50. The first-order valence-electron chi connectivity index (χ1n) is 7.51. The lowest BCUT2D eigenvalue weighted by atomic mass is 10.1. The molecular formula is C17H15BrClN3OS. The maximum atomic E-state index is 12.9. The maximum Gasteiger partial charge on any atom is 0.282 e. The fourth-order valence-corrected chi connectivity index (χ4v) is 3.58. The van der Waals surface area contributed by atoms with Gasteiger partial charge in [-0.05, 0) is 36.8 Å². The standard InChI is InChI=1S/C17H15BrClN3OS/c1-3-10(2)16-21-14-6-4-11(18)8-13(14)17(23)22(16)20-9-12-5-7-15(19)24-12/h4-10H,3H2,1-2H3/t10-/m1/s1. The van der Waals surface area contributed by atoms with E-state index in [1.807, 2.05) is 31.2 Å². The number of hydrogen-bond acceptors (Lipinski definition) is 4. The van der Waals surface area contributed by atoms with Crippen molar-refractivity contribution in [1.82, 2.24) is 9.66 Å². The smallest absolute Gasteiger partial charge is 0.267 e. The second kappa shape index (κ2) is 7.17. The van der Waals surface area contributed by atoms with Gasteiger partial charge in [0.1, 0.15) is 5.82 Å². The number of hydrogen-bond donors (Lipinski definition) is 0. The Morgan fingerprint density at radius 1 is 1.42 bits per heavy atom. The Labute approximate surface area is 156 Å². The zero-order chi connectivity index (χ0) is 17.3. The molecule has 3 aromatic rings. The van der Waals surface area contributed by atoms with Gasteiger partial charge in [-0.25, -0.2) is 4.98 Å². The minimum atomic E-state index is -0.171. The van der Waals surface area contributed by atoms with Crippen molar-refractivity contribution in [3.8, 4) is 0 Å². The molecule has 7 heteroatoms. The van der Waals surface area contributed by atoms with Gasteiger partial charge >= 0.3 is 0 Å². The fourth-order valence-electron chi connectivity index (χ4n) is 2.29. The third-order valence-electron chi connectivity index (χ3n) is 3.78. The molecule has 2 heterocycles. The summed E-state index contributed by atoms with van der Waals surface area (Å²) in [6, 6.07) is 9.19. The minimum Gasteiger partial charge on any atom is -0.267 e. The van der Waals surface area contributed by atoms with Crippen LogP contribution >= 0.6 is 38.9 Å². The van der Waals surface area contributed by atoms with Crippen molar-refractivity contribution in [1.29, 1.82) is 0 Å². The minimum absolute atomic E-state index is 0.120. The average molecular weight is 425 g/mol. The van der Waals surface area contributed by atoms with E-state index in [0.717, 1.165) is 15.8 Å². The normalized spacial score (nSPS) is 13.0. The summed E-state index contributed by atoms with van der Waals surface area (Å²) in [5.41, 5.74) is 0.514. The van der Waals surface area contributed by atoms with Crippen LogP contribution in [-0.4, -0.2) is 15.9 Å². The summed E-state index contributed by atoms with van der Waals surface area (Å²) in [6.45, 7) is 4.11. The first-order chi connectivity index (χ1) is 11.5. The van der Waals surface area contributed by atoms with Gasteiger partial charge in [0.25, 0.3) is 5.56 Å². The number of benzene rings is 1. The lowest BCUT2D eigenvalue weighted by Gasteiger charge is -2.13. The first kappa shape index (κ1) is 17.3. The Kier molecular flexibility index (Phi) is 5.18. The molecule has 0 spiro atoms. The van der Waals surface area contributed by atoms with Crippen LogP contribution in [0.15, 0.2) is 44.7 Å². The summed E-state index contributed by atoms with van der Waals surface area (Å²) >= 11 is 10.8. The highest BCUT2D eigenvalue weighted by atomic mass is 79.9. The molecule has 24 heavy (non-hydrogen) atoms. The first-order valence-corrected chi connectivity index (χ1v) is 9.50. The molecule has 0 saturated carbocycles. The van der Waals surface area contributed by atoms with Gasteiger partial charge in [-0.3, -0.25) is 4.79 Å². The van der Waals surface area contributed by atoms with E-state index < -0.39 is 0 Å². The summed E-state index contributed by atoms with van der Waals surface area (Å²) in [5.74, 6) is 0.783. The summed E-state index contributed by atoms with van der Waals surface area (Å²) in [4.78, 5) is 18.5. The van der Waals surface area contributed by atoms with Crippen molar-refractivity contribution in [2.24, 2.45) is 5.10 Å². The molecule has 0 fully saturated rings. The molecule has 0 aliphatic rings. The number of fused-ring (bicyclic) bond motifs is 1. The lowest BCUT2D eigenvalue weighted by Crippen LogP contribution is -2.23. The Balaban J connectivity index is 2.20. The van der Waals surface area contributed by atoms with Crippen LogP contribution in [0.2, 0.25) is 4.34 Å². The predicted octanol–water partition coefficient (Wildman–Crippen LogP) is 5.27. The van der Waals surface area contributed by atoms with Crippen molar-refractivity contribution in [2.45, 2.75) is 26.2 Å². The van der Waals surface area contributed by atoms with Crippen molar-refractivity contribution < 1.29 is 0 Å². The molecule has 0 N–H and O–H groups in total. The summed E-state index contributed by atoms with van der Waals surface area (Å²) in [6.07, 6.45) is 2.52. The van der Waals surface area contributed by atoms with E-state index in [1.54, 1.807) is 12.3 Å². The summed E-state index contributed by atoms with van der Waals surface area (Å²) in [7, 11) is 0. The van der Waals surface area contributed by atoms with Gasteiger partial charge in [-0.2, -0.15) is 9.78 Å². The highest BCUT2D eigenvalue weighted by molar-refractivity contribution is 9.10. The number of rotatable bonds is 4. The SMILES string of the molecule is CC[C@@H](C)c1nc2ccc(Br)cc2c(=O)n1N=Cc1ccc(Cl)s1. The highest BCUT2D eigenvalue weighted by Crippen LogP contribution is 2.22. The van der Waals surface area contributed by atoms with E-state index in [-0.39, 0.29) is 11.5 Å². The van der Waals surface area contributed by atoms with Gasteiger partial charge in [0, 0.05) is 15.3 Å². The van der Waals surface area contributed by atoms with Crippen LogP contribution in [0.25, 0.3) is 10.9 Å². The molecule has 0 bridgehead atoms. The van der Waals surface area contributed by atoms with E-state index >= 15 is 0 Å². The molecule has 0 saturated heterocycles. The second-order valence-electron chi connectivity index (χ2n) is 5.44. The maximum absolute atomic E-state index is 12.9. The van der Waals surface area contributed by atoms with Crippen molar-refractivity contribution in [3.05, 3.63) is 60.2 Å². The quantitative estimate of drug-likeness (QED) is 0.536. The highest BCUT2D eigenvalue weighted by Gasteiger charge is 2.15. The van der Waals surface area contributed by atoms with Gasteiger partial charge in [0.05, 0.1) is 21.5 Å². The van der Waals surface area contributed by atoms with Gasteiger partial charge in [-0.1, -0.05) is 41.4 Å². The van der Waals surface area contributed by atoms with Crippen LogP contribution < -0.4 is 5.56 Å². The van der Waals surface area contributed by atoms with Crippen LogP contribution in [0.4, 0.5) is 0 Å². The summed E-state index contributed by atoms with van der Waals surface area (Å²) < 4.78 is 2.92. The predicted molar refractivity (Wildman–Crippen MR) is 105 cm³/mol. The van der Waals surface area contributed by atoms with Crippen molar-refractivity contribution in [3.63, 3.8) is 0 Å². The third kappa shape index (κ3) is 3.45. The van der Waals surface area contributed by atoms with E-state index in [2.05, 4.69) is 32.9 Å². The Morgan fingerprint density at radius 2 is 2.21 bits per heavy atom. The molecule has 0 aliphatic heterocycles. The molecule has 2 aromatic heterocycles. The van der Waals surface area contributed by atoms with Crippen LogP contribution in [0.5, 0.6) is 0 Å². The summed E-state index contributed by atoms with van der Waals surface area (Å²) in [5, 5.41) is 4.93. The molecule has 4 nitrogen and oxygen atoms in total. The van der Waals surface area contributed by atoms with Crippen LogP contribution in [0.3, 0.4) is 0 Å². The molecule has 0 aliphatic carbocycles. The topological polar surface area (TPSA) is 47.2 Å². The van der Waals surface area contributed by atoms with Crippen molar-refractivity contribution in [2.75, 3.05) is 0 Å². The van der Waals surface area contributed by atoms with E-state index in [4.69, 9.17) is 11.6 Å². The van der Waals surface area contributed by atoms with Gasteiger partial charge in [0.15, 0.2) is 0 Å². The number of thiophene rings is 1. The second-order valence-corrected chi connectivity index (χ2v) is 8.11. The van der Waals surface area contributed by atoms with Gasteiger partial charge in [0.2, 0.25) is 0 Å². The Morgan fingerprint density at radius 3 is 2.88 bits per heavy atom. The van der Waals surface area contributed by atoms with Gasteiger partial charge < -0.3 is 0 Å². The molecule has 0 amide bonds. The molecule has 0 radical (unpaired) electrons. The van der Waals surface area contributed by atoms with E-state index in [1.165, 1.54) is 16.0 Å². The molecule has 0 unspecified atom stereocenters. The number of nitrogens with zero attached hydrogens (tertiary/aromatic N) is 3. The Bertz CT molecular complexity index is 980. The van der Waals surface area contributed by atoms with E-state index in [9.17, 15) is 4.79 Å². The molecule has 1 aromatic carbocycles. The monoisotopic (exact) mass is 423 g/mol. The van der Waals surface area contributed by atoms with Crippen molar-refractivity contribution >= 4 is 56.0 Å². The van der Waals surface area contributed by atoms with Crippen LogP contribution in [-0.2, 0) is 0 Å². The molecular weight excluding hydrogens is 410 g/mol. The molecule has 3 rings (SSSR count). The average Bonchev–Trinajstić information content (AvgIpc) is 2.99.